The summed E-state index contributed by atoms with van der Waals surface area (Å²) in [5.74, 6) is -0.0588. The topological polar surface area (TPSA) is 96.8 Å². The predicted molar refractivity (Wildman–Crippen MR) is 102 cm³/mol. The van der Waals surface area contributed by atoms with Crippen LogP contribution < -0.4 is 5.32 Å². The van der Waals surface area contributed by atoms with Crippen LogP contribution in [0, 0.1) is 0 Å². The summed E-state index contributed by atoms with van der Waals surface area (Å²) in [4.78, 5) is 45.2. The molecule has 3 heterocycles. The molecule has 0 aliphatic carbocycles. The molecular formula is C19H29N5O4. The Morgan fingerprint density at radius 1 is 1.04 bits per heavy atom. The molecular weight excluding hydrogens is 362 g/mol. The van der Waals surface area contributed by atoms with Crippen LogP contribution >= 0.6 is 0 Å². The van der Waals surface area contributed by atoms with Gasteiger partial charge >= 0.3 is 6.09 Å². The Bertz CT molecular complexity index is 737. The van der Waals surface area contributed by atoms with Gasteiger partial charge in [0.1, 0.15) is 5.69 Å². The van der Waals surface area contributed by atoms with E-state index in [0.29, 0.717) is 57.4 Å². The van der Waals surface area contributed by atoms with Gasteiger partial charge in [0.05, 0.1) is 12.3 Å². The number of hydrogen-bond acceptors (Lipinski definition) is 5. The fraction of sp³-hybridized carbons (Fsp3) is 0.684. The number of ether oxygens (including phenoxy) is 1. The molecule has 0 aromatic carbocycles. The fourth-order valence-electron chi connectivity index (χ4n) is 3.66. The number of hydrogen-bond donors (Lipinski definition) is 1. The molecule has 1 aromatic rings. The maximum Gasteiger partial charge on any atom is 0.409 e. The zero-order chi connectivity index (χ0) is 20.1. The summed E-state index contributed by atoms with van der Waals surface area (Å²) >= 11 is 0. The van der Waals surface area contributed by atoms with Crippen LogP contribution in [-0.2, 0) is 17.7 Å². The minimum atomic E-state index is -0.344. The molecule has 1 N–H and O–H groups in total. The lowest BCUT2D eigenvalue weighted by Crippen LogP contribution is -2.51. The number of piperazine rings is 1. The van der Waals surface area contributed by atoms with Crippen molar-refractivity contribution in [1.29, 1.82) is 0 Å². The van der Waals surface area contributed by atoms with Gasteiger partial charge in [-0.15, -0.1) is 0 Å². The van der Waals surface area contributed by atoms with Crippen LogP contribution in [-0.4, -0.2) is 76.6 Å². The van der Waals surface area contributed by atoms with Gasteiger partial charge in [0.25, 0.3) is 11.8 Å². The summed E-state index contributed by atoms with van der Waals surface area (Å²) in [5.41, 5.74) is 1.23. The first-order valence-corrected chi connectivity index (χ1v) is 10.1. The van der Waals surface area contributed by atoms with Gasteiger partial charge in [-0.3, -0.25) is 9.59 Å². The number of nitrogens with zero attached hydrogens (tertiary/aromatic N) is 4. The molecule has 1 saturated heterocycles. The lowest BCUT2D eigenvalue weighted by atomic mass is 10.1. The molecule has 9 nitrogen and oxygen atoms in total. The molecule has 154 valence electrons. The van der Waals surface area contributed by atoms with E-state index < -0.39 is 0 Å². The van der Waals surface area contributed by atoms with Gasteiger partial charge in [-0.05, 0) is 32.6 Å². The molecule has 2 aliphatic heterocycles. The smallest absolute Gasteiger partial charge is 0.409 e. The third-order valence-electron chi connectivity index (χ3n) is 5.15. The highest BCUT2D eigenvalue weighted by molar-refractivity contribution is 5.97. The molecule has 9 heteroatoms. The second-order valence-corrected chi connectivity index (χ2v) is 7.07. The maximum atomic E-state index is 13.1. The molecule has 3 amide bonds. The minimum Gasteiger partial charge on any atom is -0.450 e. The van der Waals surface area contributed by atoms with Crippen LogP contribution in [0.1, 0.15) is 59.9 Å². The number of rotatable bonds is 5. The van der Waals surface area contributed by atoms with Crippen molar-refractivity contribution < 1.29 is 19.1 Å². The number of imidazole rings is 1. The fourth-order valence-corrected chi connectivity index (χ4v) is 3.66. The van der Waals surface area contributed by atoms with Crippen molar-refractivity contribution in [1.82, 2.24) is 24.7 Å². The van der Waals surface area contributed by atoms with Crippen LogP contribution in [0.2, 0.25) is 0 Å². The molecule has 3 rings (SSSR count). The van der Waals surface area contributed by atoms with Gasteiger partial charge in [-0.1, -0.05) is 6.92 Å². The van der Waals surface area contributed by atoms with Crippen molar-refractivity contribution in [3.8, 4) is 0 Å². The number of amides is 3. The Balaban J connectivity index is 1.74. The monoisotopic (exact) mass is 391 g/mol. The Hall–Kier alpha value is -2.58. The summed E-state index contributed by atoms with van der Waals surface area (Å²) in [6.07, 6.45) is 3.21. The highest BCUT2D eigenvalue weighted by Crippen LogP contribution is 2.23. The number of fused-ring (bicyclic) bond motifs is 1. The second kappa shape index (κ2) is 9.07. The van der Waals surface area contributed by atoms with Gasteiger partial charge in [-0.2, -0.15) is 0 Å². The molecule has 0 saturated carbocycles. The second-order valence-electron chi connectivity index (χ2n) is 7.07. The van der Waals surface area contributed by atoms with Gasteiger partial charge in [0.15, 0.2) is 5.82 Å². The summed E-state index contributed by atoms with van der Waals surface area (Å²) in [6.45, 7) is 7.13. The van der Waals surface area contributed by atoms with Crippen molar-refractivity contribution in [2.24, 2.45) is 0 Å². The Morgan fingerprint density at radius 2 is 1.75 bits per heavy atom. The summed E-state index contributed by atoms with van der Waals surface area (Å²) in [6, 6.07) is 0. The first-order valence-electron chi connectivity index (χ1n) is 10.1. The quantitative estimate of drug-likeness (QED) is 0.815. The lowest BCUT2D eigenvalue weighted by Gasteiger charge is -2.33. The van der Waals surface area contributed by atoms with E-state index in [4.69, 9.17) is 4.74 Å². The lowest BCUT2D eigenvalue weighted by molar-refractivity contribution is 0.0565. The van der Waals surface area contributed by atoms with Gasteiger partial charge < -0.3 is 24.4 Å². The van der Waals surface area contributed by atoms with E-state index in [1.807, 2.05) is 11.5 Å². The predicted octanol–water partition coefficient (Wildman–Crippen LogP) is 1.27. The minimum absolute atomic E-state index is 0.163. The molecule has 0 radical (unpaired) electrons. The molecule has 0 unspecified atom stereocenters. The summed E-state index contributed by atoms with van der Waals surface area (Å²) in [5, 5.41) is 2.86. The third kappa shape index (κ3) is 4.13. The molecule has 2 aliphatic rings. The Kier molecular flexibility index (Phi) is 6.53. The van der Waals surface area contributed by atoms with E-state index >= 15 is 0 Å². The van der Waals surface area contributed by atoms with Gasteiger partial charge in [0.2, 0.25) is 0 Å². The molecule has 1 fully saturated rings. The van der Waals surface area contributed by atoms with Crippen molar-refractivity contribution in [2.75, 3.05) is 39.3 Å². The van der Waals surface area contributed by atoms with Crippen LogP contribution in [0.3, 0.4) is 0 Å². The van der Waals surface area contributed by atoms with Gasteiger partial charge in [-0.25, -0.2) is 9.78 Å². The molecule has 1 aromatic heterocycles. The highest BCUT2D eigenvalue weighted by atomic mass is 16.6. The van der Waals surface area contributed by atoms with Crippen molar-refractivity contribution in [2.45, 2.75) is 46.1 Å². The van der Waals surface area contributed by atoms with Crippen molar-refractivity contribution in [3.63, 3.8) is 0 Å². The van der Waals surface area contributed by atoms with E-state index in [0.717, 1.165) is 31.4 Å². The van der Waals surface area contributed by atoms with Crippen molar-refractivity contribution >= 4 is 17.9 Å². The largest absolute Gasteiger partial charge is 0.450 e. The number of nitrogens with one attached hydrogen (secondary N) is 1. The molecule has 0 atom stereocenters. The zero-order valence-electron chi connectivity index (χ0n) is 16.7. The van der Waals surface area contributed by atoms with E-state index in [2.05, 4.69) is 10.3 Å². The normalized spacial score (nSPS) is 16.5. The third-order valence-corrected chi connectivity index (χ3v) is 5.15. The SMILES string of the molecule is CCCNC(=O)c1nc(C(=O)N2CCN(C(=O)OCC)CC2)c2n1CCCC2. The van der Waals surface area contributed by atoms with Gasteiger partial charge in [0, 0.05) is 39.3 Å². The van der Waals surface area contributed by atoms with Crippen LogP contribution in [0.5, 0.6) is 0 Å². The maximum absolute atomic E-state index is 13.1. The van der Waals surface area contributed by atoms with Crippen molar-refractivity contribution in [3.05, 3.63) is 17.2 Å². The number of aromatic nitrogens is 2. The molecule has 0 spiro atoms. The first-order chi connectivity index (χ1) is 13.6. The van der Waals surface area contributed by atoms with Crippen LogP contribution in [0.15, 0.2) is 0 Å². The first kappa shape index (κ1) is 20.2. The zero-order valence-corrected chi connectivity index (χ0v) is 16.7. The molecule has 0 bridgehead atoms. The number of carbonyl (C=O) groups is 3. The average Bonchev–Trinajstić information content (AvgIpc) is 3.11. The number of carbonyl (C=O) groups excluding carboxylic acids is 3. The summed E-state index contributed by atoms with van der Waals surface area (Å²) < 4.78 is 6.92. The Labute approximate surface area is 165 Å². The standard InChI is InChI=1S/C19H29N5O4/c1-3-8-20-17(25)16-21-15(14-7-5-6-9-24(14)16)18(26)22-10-12-23(13-11-22)19(27)28-4-2/h3-13H2,1-2H3,(H,20,25). The van der Waals surface area contributed by atoms with Crippen LogP contribution in [0.4, 0.5) is 4.79 Å². The average molecular weight is 391 g/mol. The molecule has 28 heavy (non-hydrogen) atoms. The van der Waals surface area contributed by atoms with E-state index in [-0.39, 0.29) is 17.9 Å². The highest BCUT2D eigenvalue weighted by Gasteiger charge is 2.32. The summed E-state index contributed by atoms with van der Waals surface area (Å²) in [7, 11) is 0. The van der Waals surface area contributed by atoms with E-state index in [1.54, 1.807) is 16.7 Å². The Morgan fingerprint density at radius 3 is 2.43 bits per heavy atom. The van der Waals surface area contributed by atoms with E-state index in [9.17, 15) is 14.4 Å². The van der Waals surface area contributed by atoms with E-state index in [1.165, 1.54) is 0 Å². The van der Waals surface area contributed by atoms with Crippen LogP contribution in [0.25, 0.3) is 0 Å².